The molecule has 6 aromatic rings. The van der Waals surface area contributed by atoms with E-state index in [-0.39, 0.29) is 32.5 Å². The summed E-state index contributed by atoms with van der Waals surface area (Å²) in [6.45, 7) is 42.3. The van der Waals surface area contributed by atoms with Gasteiger partial charge in [-0.05, 0) is 115 Å². The minimum atomic E-state index is -0.410. The van der Waals surface area contributed by atoms with E-state index < -0.39 is 15.8 Å². The van der Waals surface area contributed by atoms with Crippen molar-refractivity contribution in [2.45, 2.75) is 157 Å². The van der Waals surface area contributed by atoms with Crippen LogP contribution in [0.15, 0.2) is 146 Å². The molecule has 4 heteroatoms. The lowest BCUT2D eigenvalue weighted by molar-refractivity contribution is 0.553. The number of rotatable bonds is 10. The molecule has 6 rings (SSSR count). The summed E-state index contributed by atoms with van der Waals surface area (Å²) in [5, 5.41) is 8.81. The maximum Gasteiger partial charge on any atom is 0.00897 e. The molecular weight excluding hydrogens is 893 g/mol. The van der Waals surface area contributed by atoms with E-state index in [2.05, 4.69) is 282 Å². The fraction of sp³-hybridized carbons (Fsp3) is 0.406. The average molecular weight is 977 g/mol. The van der Waals surface area contributed by atoms with E-state index >= 15 is 0 Å². The zero-order valence-electron chi connectivity index (χ0n) is 45.2. The van der Waals surface area contributed by atoms with Crippen molar-refractivity contribution in [2.75, 3.05) is 12.3 Å². The van der Waals surface area contributed by atoms with Crippen molar-refractivity contribution in [1.29, 1.82) is 0 Å². The normalized spacial score (nSPS) is 13.1. The van der Waals surface area contributed by atoms with Crippen molar-refractivity contribution in [3.05, 3.63) is 179 Å². The molecule has 0 radical (unpaired) electrons. The van der Waals surface area contributed by atoms with Gasteiger partial charge in [0.1, 0.15) is 0 Å². The molecule has 0 spiro atoms. The summed E-state index contributed by atoms with van der Waals surface area (Å²) in [6.07, 6.45) is 2.16. The molecule has 0 aliphatic carbocycles. The Balaban J connectivity index is 0.000000254. The lowest BCUT2D eigenvalue weighted by atomic mass is 9.75. The topological polar surface area (TPSA) is 0 Å². The van der Waals surface area contributed by atoms with Crippen molar-refractivity contribution >= 4 is 75.7 Å². The van der Waals surface area contributed by atoms with Gasteiger partial charge in [0.2, 0.25) is 0 Å². The third kappa shape index (κ3) is 15.3. The van der Waals surface area contributed by atoms with Gasteiger partial charge in [-0.15, -0.1) is 0 Å². The summed E-state index contributed by atoms with van der Waals surface area (Å²) in [7, 11) is 1.84. The van der Waals surface area contributed by atoms with Crippen LogP contribution in [-0.2, 0) is 32.5 Å². The predicted octanol–water partition coefficient (Wildman–Crippen LogP) is 16.2. The van der Waals surface area contributed by atoms with Gasteiger partial charge in [-0.3, -0.25) is 0 Å². The first-order valence-electron chi connectivity index (χ1n) is 24.8. The first-order valence-corrected chi connectivity index (χ1v) is 29.7. The van der Waals surface area contributed by atoms with Crippen LogP contribution in [0.25, 0.3) is 0 Å². The second-order valence-electron chi connectivity index (χ2n) is 24.5. The summed E-state index contributed by atoms with van der Waals surface area (Å²) in [4.78, 5) is 0. The summed E-state index contributed by atoms with van der Waals surface area (Å²) in [5.74, 6) is 5.06. The molecule has 0 saturated heterocycles. The van der Waals surface area contributed by atoms with E-state index in [0.717, 1.165) is 12.3 Å². The molecule has 68 heavy (non-hydrogen) atoms. The summed E-state index contributed by atoms with van der Waals surface area (Å²) >= 11 is 0. The minimum absolute atomic E-state index is 0.0982. The standard InChI is InChI=1S/2C32H42P2/c2*1-30(2,3)24-22-27(31(4,5)6)29(28(23-24)32(7,8)9)33-20-21-34(25-16-12-10-13-17-25)26-18-14-11-15-19-26/h2*10-20,22-23H,21H2,1-9H3. The monoisotopic (exact) mass is 977 g/mol. The minimum Gasteiger partial charge on any atom is -0.0718 e. The predicted molar refractivity (Wildman–Crippen MR) is 318 cm³/mol. The van der Waals surface area contributed by atoms with Crippen LogP contribution >= 0.6 is 32.3 Å². The van der Waals surface area contributed by atoms with Gasteiger partial charge in [0, 0.05) is 10.6 Å². The number of benzene rings is 6. The van der Waals surface area contributed by atoms with Crippen molar-refractivity contribution in [2.24, 2.45) is 0 Å². The van der Waals surface area contributed by atoms with Crippen LogP contribution < -0.4 is 31.8 Å². The van der Waals surface area contributed by atoms with Crippen LogP contribution in [0.3, 0.4) is 0 Å². The molecule has 360 valence electrons. The Morgan fingerprint density at radius 2 is 0.515 bits per heavy atom. The molecule has 0 saturated carbocycles. The van der Waals surface area contributed by atoms with Crippen LogP contribution in [0.1, 0.15) is 158 Å². The highest BCUT2D eigenvalue weighted by Gasteiger charge is 2.30. The SMILES string of the molecule is CC(C)(C)c1cc(C(C)(C)C)c(P=CCP(c2ccccc2)c2ccccc2)c(C(C)(C)C)c1.CC(C)(C)c1cc(C(C)(C)C)c(P=CCP(c2ccccc2)c2ccccc2)c(C(C)(C)C)c1. The molecule has 0 aliphatic rings. The van der Waals surface area contributed by atoms with Crippen LogP contribution in [0.5, 0.6) is 0 Å². The van der Waals surface area contributed by atoms with Crippen LogP contribution in [-0.4, -0.2) is 23.9 Å². The van der Waals surface area contributed by atoms with E-state index in [1.807, 2.05) is 0 Å². The van der Waals surface area contributed by atoms with Crippen LogP contribution in [0.2, 0.25) is 0 Å². The smallest absolute Gasteiger partial charge is 0.00897 e. The van der Waals surface area contributed by atoms with Crippen molar-refractivity contribution in [1.82, 2.24) is 0 Å². The molecule has 0 bridgehead atoms. The molecule has 0 aromatic heterocycles. The Labute approximate surface area is 421 Å². The van der Waals surface area contributed by atoms with E-state index in [9.17, 15) is 0 Å². The Bertz CT molecular complexity index is 2250. The van der Waals surface area contributed by atoms with E-state index in [1.54, 1.807) is 0 Å². The highest BCUT2D eigenvalue weighted by Crippen LogP contribution is 2.39. The van der Waals surface area contributed by atoms with Gasteiger partial charge in [-0.1, -0.05) is 298 Å². The van der Waals surface area contributed by atoms with Gasteiger partial charge in [0.15, 0.2) is 0 Å². The van der Waals surface area contributed by atoms with Gasteiger partial charge in [0.05, 0.1) is 0 Å². The molecule has 0 aliphatic heterocycles. The van der Waals surface area contributed by atoms with Gasteiger partial charge >= 0.3 is 0 Å². The molecule has 0 atom stereocenters. The first kappa shape index (κ1) is 55.4. The third-order valence-electron chi connectivity index (χ3n) is 12.4. The zero-order chi connectivity index (χ0) is 50.3. The zero-order valence-corrected chi connectivity index (χ0v) is 48.8. The Morgan fingerprint density at radius 3 is 0.691 bits per heavy atom. The van der Waals surface area contributed by atoms with Crippen LogP contribution in [0.4, 0.5) is 0 Å². The maximum atomic E-state index is 2.53. The molecule has 0 heterocycles. The second-order valence-corrected chi connectivity index (χ2v) is 31.2. The summed E-state index contributed by atoms with van der Waals surface area (Å²) < 4.78 is 0. The Morgan fingerprint density at radius 1 is 0.309 bits per heavy atom. The molecule has 0 amide bonds. The fourth-order valence-electron chi connectivity index (χ4n) is 8.28. The summed E-state index contributed by atoms with van der Waals surface area (Å²) in [5.41, 5.74) is 9.51. The summed E-state index contributed by atoms with van der Waals surface area (Å²) in [6, 6.07) is 54.2. The highest BCUT2D eigenvalue weighted by molar-refractivity contribution is 7.75. The van der Waals surface area contributed by atoms with Gasteiger partial charge in [-0.2, -0.15) is 0 Å². The molecule has 0 fully saturated rings. The lowest BCUT2D eigenvalue weighted by Crippen LogP contribution is -2.29. The average Bonchev–Trinajstić information content (AvgIpc) is 3.25. The van der Waals surface area contributed by atoms with Crippen LogP contribution in [0, 0.1) is 0 Å². The van der Waals surface area contributed by atoms with E-state index in [1.165, 1.54) is 81.6 Å². The van der Waals surface area contributed by atoms with Gasteiger partial charge < -0.3 is 0 Å². The Kier molecular flexibility index (Phi) is 18.5. The van der Waals surface area contributed by atoms with E-state index in [0.29, 0.717) is 0 Å². The van der Waals surface area contributed by atoms with E-state index in [4.69, 9.17) is 0 Å². The first-order chi connectivity index (χ1) is 31.6. The number of hydrogen-bond donors (Lipinski definition) is 0. The van der Waals surface area contributed by atoms with Gasteiger partial charge in [-0.25, -0.2) is 0 Å². The second kappa shape index (κ2) is 22.7. The third-order valence-corrected chi connectivity index (χ3v) is 20.0. The molecule has 6 aromatic carbocycles. The molecule has 0 unspecified atom stereocenters. The van der Waals surface area contributed by atoms with Crippen molar-refractivity contribution in [3.8, 4) is 0 Å². The maximum absolute atomic E-state index is 2.53. The van der Waals surface area contributed by atoms with Crippen molar-refractivity contribution < 1.29 is 0 Å². The lowest BCUT2D eigenvalue weighted by Gasteiger charge is -2.32. The number of hydrogen-bond acceptors (Lipinski definition) is 0. The van der Waals surface area contributed by atoms with Gasteiger partial charge in [0.25, 0.3) is 0 Å². The molecular formula is C64H84P4. The van der Waals surface area contributed by atoms with Crippen molar-refractivity contribution in [3.63, 3.8) is 0 Å². The highest BCUT2D eigenvalue weighted by atomic mass is 31.1. The fourth-order valence-corrected chi connectivity index (χ4v) is 16.3. The Hall–Kier alpha value is -3.48. The molecule has 0 N–H and O–H groups in total. The quantitative estimate of drug-likeness (QED) is 0.120. The largest absolute Gasteiger partial charge is 0.0718 e. The molecule has 0 nitrogen and oxygen atoms in total.